The molecule has 3 rings (SSSR count). The molecule has 0 aliphatic carbocycles. The van der Waals surface area contributed by atoms with Crippen LogP contribution in [0.3, 0.4) is 0 Å². The van der Waals surface area contributed by atoms with Crippen LogP contribution in [0.2, 0.25) is 0 Å². The first kappa shape index (κ1) is 14.5. The minimum absolute atomic E-state index is 0.00932. The lowest BCUT2D eigenvalue weighted by Crippen LogP contribution is -2.52. The molecule has 0 aromatic heterocycles. The summed E-state index contributed by atoms with van der Waals surface area (Å²) < 4.78 is 13.9. The number of para-hydroxylation sites is 1. The number of rotatable bonds is 3. The van der Waals surface area contributed by atoms with Gasteiger partial charge < -0.3 is 10.0 Å². The molecule has 21 heavy (non-hydrogen) atoms. The van der Waals surface area contributed by atoms with Crippen molar-refractivity contribution in [3.8, 4) is 0 Å². The van der Waals surface area contributed by atoms with Crippen LogP contribution >= 0.6 is 0 Å². The molecule has 2 aliphatic rings. The van der Waals surface area contributed by atoms with Gasteiger partial charge in [0.1, 0.15) is 5.82 Å². The SMILES string of the molecule is O=C1C(N2CCC(CO)C2)CCCN1c1ccccc1F. The van der Waals surface area contributed by atoms with Crippen molar-refractivity contribution in [2.45, 2.75) is 25.3 Å². The van der Waals surface area contributed by atoms with Gasteiger partial charge in [-0.25, -0.2) is 4.39 Å². The first-order chi connectivity index (χ1) is 10.2. The smallest absolute Gasteiger partial charge is 0.244 e. The first-order valence-electron chi connectivity index (χ1n) is 7.61. The van der Waals surface area contributed by atoms with Crippen LogP contribution in [0.5, 0.6) is 0 Å². The van der Waals surface area contributed by atoms with E-state index in [-0.39, 0.29) is 30.3 Å². The van der Waals surface area contributed by atoms with E-state index in [9.17, 15) is 14.3 Å². The number of hydrogen-bond donors (Lipinski definition) is 1. The molecule has 1 aromatic carbocycles. The topological polar surface area (TPSA) is 43.8 Å². The number of aliphatic hydroxyl groups excluding tert-OH is 1. The number of benzene rings is 1. The Kier molecular flexibility index (Phi) is 4.22. The van der Waals surface area contributed by atoms with Crippen molar-refractivity contribution in [1.29, 1.82) is 0 Å². The Labute approximate surface area is 124 Å². The van der Waals surface area contributed by atoms with Crippen molar-refractivity contribution in [3.05, 3.63) is 30.1 Å². The zero-order valence-corrected chi connectivity index (χ0v) is 12.0. The monoisotopic (exact) mass is 292 g/mol. The van der Waals surface area contributed by atoms with Gasteiger partial charge in [-0.05, 0) is 43.9 Å². The van der Waals surface area contributed by atoms with Crippen molar-refractivity contribution in [2.75, 3.05) is 31.1 Å². The Balaban J connectivity index is 1.77. The van der Waals surface area contributed by atoms with Crippen LogP contribution in [-0.4, -0.2) is 48.2 Å². The second kappa shape index (κ2) is 6.12. The number of nitrogens with zero attached hydrogens (tertiary/aromatic N) is 2. The number of carbonyl (C=O) groups excluding carboxylic acids is 1. The lowest BCUT2D eigenvalue weighted by molar-refractivity contribution is -0.125. The van der Waals surface area contributed by atoms with E-state index in [0.717, 1.165) is 32.4 Å². The summed E-state index contributed by atoms with van der Waals surface area (Å²) in [6.07, 6.45) is 2.63. The Morgan fingerprint density at radius 2 is 2.05 bits per heavy atom. The highest BCUT2D eigenvalue weighted by molar-refractivity contribution is 5.98. The summed E-state index contributed by atoms with van der Waals surface area (Å²) >= 11 is 0. The van der Waals surface area contributed by atoms with E-state index in [4.69, 9.17) is 0 Å². The maximum absolute atomic E-state index is 13.9. The third kappa shape index (κ3) is 2.80. The first-order valence-corrected chi connectivity index (χ1v) is 7.61. The van der Waals surface area contributed by atoms with Gasteiger partial charge in [-0.1, -0.05) is 12.1 Å². The van der Waals surface area contributed by atoms with Crippen LogP contribution in [-0.2, 0) is 4.79 Å². The van der Waals surface area contributed by atoms with Gasteiger partial charge in [0.2, 0.25) is 5.91 Å². The summed E-state index contributed by atoms with van der Waals surface area (Å²) in [6, 6.07) is 6.28. The third-order valence-corrected chi connectivity index (χ3v) is 4.57. The van der Waals surface area contributed by atoms with Crippen LogP contribution in [0.4, 0.5) is 10.1 Å². The highest BCUT2D eigenvalue weighted by Gasteiger charge is 2.37. The highest BCUT2D eigenvalue weighted by atomic mass is 19.1. The van der Waals surface area contributed by atoms with Crippen LogP contribution in [0.25, 0.3) is 0 Å². The van der Waals surface area contributed by atoms with E-state index in [0.29, 0.717) is 12.2 Å². The summed E-state index contributed by atoms with van der Waals surface area (Å²) in [4.78, 5) is 16.4. The van der Waals surface area contributed by atoms with Gasteiger partial charge in [-0.15, -0.1) is 0 Å². The average molecular weight is 292 g/mol. The maximum atomic E-state index is 13.9. The second-order valence-corrected chi connectivity index (χ2v) is 5.93. The van der Waals surface area contributed by atoms with Crippen molar-refractivity contribution >= 4 is 11.6 Å². The molecular formula is C16H21FN2O2. The molecule has 0 spiro atoms. The Morgan fingerprint density at radius 1 is 1.24 bits per heavy atom. The molecule has 114 valence electrons. The molecule has 1 amide bonds. The molecule has 1 N–H and O–H groups in total. The molecule has 4 nitrogen and oxygen atoms in total. The number of likely N-dealkylation sites (tertiary alicyclic amines) is 1. The van der Waals surface area contributed by atoms with Crippen molar-refractivity contribution < 1.29 is 14.3 Å². The third-order valence-electron chi connectivity index (χ3n) is 4.57. The van der Waals surface area contributed by atoms with Crippen molar-refractivity contribution in [1.82, 2.24) is 4.90 Å². The Morgan fingerprint density at radius 3 is 2.76 bits per heavy atom. The summed E-state index contributed by atoms with van der Waals surface area (Å²) in [5.74, 6) is -0.0901. The molecule has 0 bridgehead atoms. The molecule has 2 fully saturated rings. The molecule has 2 heterocycles. The molecule has 1 aromatic rings. The molecular weight excluding hydrogens is 271 g/mol. The van der Waals surface area contributed by atoms with Gasteiger partial charge in [-0.2, -0.15) is 0 Å². The zero-order valence-electron chi connectivity index (χ0n) is 12.0. The molecule has 0 radical (unpaired) electrons. The zero-order chi connectivity index (χ0) is 14.8. The second-order valence-electron chi connectivity index (χ2n) is 5.93. The summed E-state index contributed by atoms with van der Waals surface area (Å²) in [7, 11) is 0. The largest absolute Gasteiger partial charge is 0.396 e. The number of carbonyl (C=O) groups is 1. The van der Waals surface area contributed by atoms with Crippen LogP contribution in [0.15, 0.2) is 24.3 Å². The maximum Gasteiger partial charge on any atom is 0.244 e. The summed E-state index contributed by atoms with van der Waals surface area (Å²) in [5.41, 5.74) is 0.380. The normalized spacial score (nSPS) is 27.3. The molecule has 2 unspecified atom stereocenters. The standard InChI is InChI=1S/C16H21FN2O2/c17-13-4-1-2-5-14(13)19-8-3-6-15(16(19)21)18-9-7-12(10-18)11-20/h1-2,4-5,12,15,20H,3,6-11H2. The molecule has 2 atom stereocenters. The minimum atomic E-state index is -0.346. The van der Waals surface area contributed by atoms with Gasteiger partial charge in [0.25, 0.3) is 0 Å². The van der Waals surface area contributed by atoms with Gasteiger partial charge >= 0.3 is 0 Å². The number of aliphatic hydroxyl groups is 1. The van der Waals surface area contributed by atoms with Crippen LogP contribution in [0, 0.1) is 11.7 Å². The van der Waals surface area contributed by atoms with Crippen LogP contribution in [0.1, 0.15) is 19.3 Å². The summed E-state index contributed by atoms with van der Waals surface area (Å²) in [6.45, 7) is 2.35. The van der Waals surface area contributed by atoms with E-state index < -0.39 is 0 Å². The number of hydrogen-bond acceptors (Lipinski definition) is 3. The molecule has 2 saturated heterocycles. The summed E-state index contributed by atoms with van der Waals surface area (Å²) in [5, 5.41) is 9.24. The average Bonchev–Trinajstić information content (AvgIpc) is 2.97. The van der Waals surface area contributed by atoms with Gasteiger partial charge in [0.05, 0.1) is 11.7 Å². The quantitative estimate of drug-likeness (QED) is 0.921. The van der Waals surface area contributed by atoms with Gasteiger partial charge in [-0.3, -0.25) is 9.69 Å². The van der Waals surface area contributed by atoms with Crippen LogP contribution < -0.4 is 4.90 Å². The van der Waals surface area contributed by atoms with E-state index in [1.807, 2.05) is 0 Å². The van der Waals surface area contributed by atoms with Crippen molar-refractivity contribution in [3.63, 3.8) is 0 Å². The molecule has 0 saturated carbocycles. The van der Waals surface area contributed by atoms with Gasteiger partial charge in [0.15, 0.2) is 0 Å². The Bertz CT molecular complexity index is 523. The van der Waals surface area contributed by atoms with Gasteiger partial charge in [0, 0.05) is 19.7 Å². The number of halogens is 1. The number of piperidine rings is 1. The van der Waals surface area contributed by atoms with E-state index >= 15 is 0 Å². The van der Waals surface area contributed by atoms with E-state index in [1.165, 1.54) is 6.07 Å². The lowest BCUT2D eigenvalue weighted by Gasteiger charge is -2.37. The number of anilines is 1. The minimum Gasteiger partial charge on any atom is -0.396 e. The predicted octanol–water partition coefficient (Wildman–Crippen LogP) is 1.64. The predicted molar refractivity (Wildman–Crippen MR) is 78.5 cm³/mol. The van der Waals surface area contributed by atoms with E-state index in [2.05, 4.69) is 4.90 Å². The fourth-order valence-electron chi connectivity index (χ4n) is 3.40. The van der Waals surface area contributed by atoms with Crippen molar-refractivity contribution in [2.24, 2.45) is 5.92 Å². The van der Waals surface area contributed by atoms with E-state index in [1.54, 1.807) is 23.1 Å². The fourth-order valence-corrected chi connectivity index (χ4v) is 3.40. The Hall–Kier alpha value is -1.46. The number of amides is 1. The lowest BCUT2D eigenvalue weighted by atomic mass is 10.0. The molecule has 2 aliphatic heterocycles. The fraction of sp³-hybridized carbons (Fsp3) is 0.562. The highest BCUT2D eigenvalue weighted by Crippen LogP contribution is 2.28. The molecule has 5 heteroatoms.